The van der Waals surface area contributed by atoms with Crippen LogP contribution in [0.4, 0.5) is 58.9 Å². The number of alkyl halides is 6. The van der Waals surface area contributed by atoms with E-state index in [9.17, 15) is 35.9 Å². The Morgan fingerprint density at radius 3 is 1.58 bits per heavy atom. The van der Waals surface area contributed by atoms with E-state index in [-0.39, 0.29) is 13.1 Å². The van der Waals surface area contributed by atoms with Gasteiger partial charge in [-0.1, -0.05) is 57.5 Å². The Balaban J connectivity index is 0.000000209. The molecule has 3 N–H and O–H groups in total. The van der Waals surface area contributed by atoms with Crippen molar-refractivity contribution in [2.75, 3.05) is 49.2 Å². The number of rotatable bonds is 16. The number of hydrogen-bond donors (Lipinski definition) is 2. The normalized spacial score (nSPS) is 13.6. The molecule has 0 saturated carbocycles. The first kappa shape index (κ1) is 61.1. The predicted octanol–water partition coefficient (Wildman–Crippen LogP) is 11.8. The third-order valence-corrected chi connectivity index (χ3v) is 16.6. The Morgan fingerprint density at radius 1 is 0.679 bits per heavy atom. The molecule has 1 aromatic carbocycles. The number of fused-ring (bicyclic) bond motifs is 4. The molecule has 432 valence electrons. The Morgan fingerprint density at radius 2 is 1.15 bits per heavy atom. The van der Waals surface area contributed by atoms with Gasteiger partial charge in [-0.15, -0.1) is 0 Å². The van der Waals surface area contributed by atoms with Crippen molar-refractivity contribution >= 4 is 73.3 Å². The van der Waals surface area contributed by atoms with Crippen molar-refractivity contribution in [3.63, 3.8) is 0 Å². The van der Waals surface area contributed by atoms with E-state index in [0.29, 0.717) is 81.2 Å². The molecule has 8 heterocycles. The van der Waals surface area contributed by atoms with Crippen LogP contribution in [-0.4, -0.2) is 118 Å². The van der Waals surface area contributed by atoms with Gasteiger partial charge in [-0.25, -0.2) is 39.2 Å². The maximum absolute atomic E-state index is 13.0. The molecule has 0 bridgehead atoms. The van der Waals surface area contributed by atoms with Gasteiger partial charge in [0.15, 0.2) is 0 Å². The molecule has 0 aliphatic carbocycles. The van der Waals surface area contributed by atoms with E-state index in [1.807, 2.05) is 56.8 Å². The van der Waals surface area contributed by atoms with Gasteiger partial charge in [-0.05, 0) is 60.3 Å². The van der Waals surface area contributed by atoms with Gasteiger partial charge in [0.05, 0.1) is 49.8 Å². The van der Waals surface area contributed by atoms with E-state index in [1.165, 1.54) is 21.7 Å². The summed E-state index contributed by atoms with van der Waals surface area (Å²) in [6, 6.07) is 14.4. The molecule has 0 radical (unpaired) electrons. The third kappa shape index (κ3) is 16.5. The van der Waals surface area contributed by atoms with Crippen LogP contribution in [0.3, 0.4) is 0 Å². The van der Waals surface area contributed by atoms with Crippen LogP contribution in [0.1, 0.15) is 35.4 Å². The zero-order valence-electron chi connectivity index (χ0n) is 46.1. The van der Waals surface area contributed by atoms with E-state index in [1.54, 1.807) is 24.7 Å². The van der Waals surface area contributed by atoms with Crippen molar-refractivity contribution < 1.29 is 50.1 Å². The zero-order chi connectivity index (χ0) is 58.7. The van der Waals surface area contributed by atoms with Crippen molar-refractivity contribution in [1.29, 1.82) is 0 Å². The quantitative estimate of drug-likeness (QED) is 0.0404. The molecular formula is C54H66F6N14O5Si2. The van der Waals surface area contributed by atoms with Crippen LogP contribution in [0.2, 0.25) is 51.4 Å². The summed E-state index contributed by atoms with van der Waals surface area (Å²) in [4.78, 5) is 55.1. The average Bonchev–Trinajstić information content (AvgIpc) is 4.41. The van der Waals surface area contributed by atoms with Crippen LogP contribution in [0.25, 0.3) is 31.8 Å². The number of amides is 1. The lowest BCUT2D eigenvalue weighted by Crippen LogP contribution is -2.36. The van der Waals surface area contributed by atoms with E-state index >= 15 is 0 Å². The first-order chi connectivity index (χ1) is 38.4. The number of halogens is 6. The highest BCUT2D eigenvalue weighted by atomic mass is 28.3. The van der Waals surface area contributed by atoms with Gasteiger partial charge in [0.2, 0.25) is 11.4 Å². The number of benzene rings is 1. The summed E-state index contributed by atoms with van der Waals surface area (Å²) in [6.45, 7) is 32.3. The van der Waals surface area contributed by atoms with E-state index in [4.69, 9.17) is 27.4 Å². The van der Waals surface area contributed by atoms with Crippen molar-refractivity contribution in [2.45, 2.75) is 116 Å². The fraction of sp³-hybridized carbons (Fsp3) is 0.444. The molecule has 2 aliphatic heterocycles. The van der Waals surface area contributed by atoms with Gasteiger partial charge in [-0.2, -0.15) is 26.3 Å². The predicted molar refractivity (Wildman–Crippen MR) is 301 cm³/mol. The van der Waals surface area contributed by atoms with Crippen molar-refractivity contribution in [3.8, 4) is 5.75 Å². The lowest BCUT2D eigenvalue weighted by Gasteiger charge is -2.30. The number of carbonyl (C=O) groups excluding carboxylic acids is 2. The van der Waals surface area contributed by atoms with E-state index < -0.39 is 60.0 Å². The fourth-order valence-corrected chi connectivity index (χ4v) is 10.4. The Bertz CT molecular complexity index is 3370. The molecule has 0 unspecified atom stereocenters. The maximum atomic E-state index is 13.0. The van der Waals surface area contributed by atoms with Crippen LogP contribution in [0, 0.1) is 13.1 Å². The maximum Gasteiger partial charge on any atom is 0.422 e. The van der Waals surface area contributed by atoms with Gasteiger partial charge in [0, 0.05) is 91.7 Å². The third-order valence-electron chi connectivity index (χ3n) is 13.2. The topological polar surface area (TPSA) is 186 Å². The minimum Gasteiger partial charge on any atom is -0.410 e. The number of nitrogens with one attached hydrogen (secondary N) is 1. The molecule has 1 amide bonds. The SMILES string of the molecule is NCCC(F)(F)F.[C-]#[N+]c1cn(C(=O)NCCC(F)(F)F)c2c1CCN(c1ncnc3c1ccn3COCC[Si](C)(C)C)C2.[C-]#[N+]c1cn(C(=O)Oc2ccccc2)c2c1CCN(c1ncnc3c1ccn3COCC[Si](C)(C)C)C2. The zero-order valence-corrected chi connectivity index (χ0v) is 48.1. The molecule has 0 saturated heterocycles. The number of nitrogens with zero attached hydrogens (tertiary/aromatic N) is 12. The molecule has 2 aliphatic rings. The summed E-state index contributed by atoms with van der Waals surface area (Å²) in [7, 11) is -2.34. The summed E-state index contributed by atoms with van der Waals surface area (Å²) in [6.07, 6.45) is 0.0624. The Kier molecular flexibility index (Phi) is 19.9. The van der Waals surface area contributed by atoms with Crippen LogP contribution >= 0.6 is 0 Å². The highest BCUT2D eigenvalue weighted by Crippen LogP contribution is 2.37. The standard InChI is InChI=1S/C27H30N6O3Si.C24H30F3N7O2Si.C3H6F3N/c1-28-23-16-33(27(34)36-20-8-6-5-7-9-20)24-17-31(12-10-21(23)24)25-22-11-13-32(26(22)30-18-29-25)19-35-14-15-37(2,3)4;1-28-19-13-34(23(35)29-8-7-24(25,26)27)20-14-32(9-5-17(19)20)21-18-6-10-33(22(18)31-15-30-21)16-36-11-12-37(2,3)4;4-3(5,6)1-2-7/h5-9,11,13,16,18H,10,12,14-15,17,19H2,2-4H3;6,10,13,15H,5,7-9,11-12,14,16H2,2-4H3,(H,29,35);1-2,7H2. The smallest absolute Gasteiger partial charge is 0.410 e. The Hall–Kier alpha value is -7.57. The summed E-state index contributed by atoms with van der Waals surface area (Å²) >= 11 is 0. The molecule has 19 nitrogen and oxygen atoms in total. The van der Waals surface area contributed by atoms with Gasteiger partial charge in [-0.3, -0.25) is 9.13 Å². The van der Waals surface area contributed by atoms with Crippen LogP contribution in [0.5, 0.6) is 5.75 Å². The fourth-order valence-electron chi connectivity index (χ4n) is 8.92. The minimum absolute atomic E-state index is 0.279. The highest BCUT2D eigenvalue weighted by molar-refractivity contribution is 6.76. The Labute approximate surface area is 467 Å². The number of nitrogens with two attached hydrogens (primary N) is 1. The number of carbonyl (C=O) groups is 2. The number of hydrogen-bond acceptors (Lipinski definition) is 12. The van der Waals surface area contributed by atoms with Crippen molar-refractivity contribution in [2.24, 2.45) is 5.73 Å². The van der Waals surface area contributed by atoms with E-state index in [2.05, 4.69) is 84.9 Å². The molecule has 27 heteroatoms. The molecule has 0 atom stereocenters. The largest absolute Gasteiger partial charge is 0.422 e. The first-order valence-electron chi connectivity index (χ1n) is 26.2. The van der Waals surface area contributed by atoms with Crippen molar-refractivity contribution in [1.82, 2.24) is 43.5 Å². The number of para-hydroxylation sites is 1. The first-order valence-corrected chi connectivity index (χ1v) is 33.6. The van der Waals surface area contributed by atoms with Gasteiger partial charge >= 0.3 is 24.5 Å². The summed E-state index contributed by atoms with van der Waals surface area (Å²) in [5.41, 5.74) is 9.88. The molecule has 81 heavy (non-hydrogen) atoms. The summed E-state index contributed by atoms with van der Waals surface area (Å²) in [5, 5.41) is 4.06. The molecule has 0 fully saturated rings. The van der Waals surface area contributed by atoms with Gasteiger partial charge < -0.3 is 44.2 Å². The highest BCUT2D eigenvalue weighted by Gasteiger charge is 2.32. The van der Waals surface area contributed by atoms with Crippen molar-refractivity contribution in [3.05, 3.63) is 125 Å². The number of anilines is 2. The lowest BCUT2D eigenvalue weighted by atomic mass is 10.1. The summed E-state index contributed by atoms with van der Waals surface area (Å²) < 4.78 is 94.5. The van der Waals surface area contributed by atoms with Gasteiger partial charge in [0.1, 0.15) is 54.8 Å². The molecule has 9 rings (SSSR count). The van der Waals surface area contributed by atoms with E-state index in [0.717, 1.165) is 63.4 Å². The van der Waals surface area contributed by atoms with Crippen LogP contribution < -0.4 is 25.6 Å². The molecular weight excluding hydrogens is 1090 g/mol. The summed E-state index contributed by atoms with van der Waals surface area (Å²) in [5.74, 6) is 1.94. The number of aromatic nitrogens is 8. The molecule has 7 aromatic rings. The second kappa shape index (κ2) is 26.4. The monoisotopic (exact) mass is 1160 g/mol. The molecule has 6 aromatic heterocycles. The van der Waals surface area contributed by atoms with Gasteiger partial charge in [0.25, 0.3) is 0 Å². The van der Waals surface area contributed by atoms with Crippen LogP contribution in [-0.2, 0) is 48.9 Å². The second-order valence-electron chi connectivity index (χ2n) is 21.8. The second-order valence-corrected chi connectivity index (χ2v) is 33.0. The molecule has 0 spiro atoms. The minimum atomic E-state index is -4.37. The van der Waals surface area contributed by atoms with Crippen LogP contribution in [0.15, 0.2) is 79.9 Å². The number of ether oxygens (including phenoxy) is 3. The average molecular weight is 1160 g/mol. The lowest BCUT2D eigenvalue weighted by molar-refractivity contribution is -0.133.